The first-order chi connectivity index (χ1) is 5.27. The van der Waals surface area contributed by atoms with E-state index in [0.717, 1.165) is 5.75 Å². The molecular weight excluding hydrogens is 178 g/mol. The lowest BCUT2D eigenvalue weighted by Crippen LogP contribution is -2.11. The number of nitrogen functional groups attached to an aromatic ring is 1. The maximum atomic E-state index is 5.63. The highest BCUT2D eigenvalue weighted by Gasteiger charge is 2.21. The summed E-state index contributed by atoms with van der Waals surface area (Å²) in [5.41, 5.74) is 6.26. The van der Waals surface area contributed by atoms with Gasteiger partial charge in [-0.3, -0.25) is 0 Å². The highest BCUT2D eigenvalue weighted by Crippen LogP contribution is 2.38. The van der Waals surface area contributed by atoms with Crippen LogP contribution in [0.4, 0.5) is 5.69 Å². The van der Waals surface area contributed by atoms with Gasteiger partial charge in [0.1, 0.15) is 0 Å². The van der Waals surface area contributed by atoms with Gasteiger partial charge in [-0.2, -0.15) is 0 Å². The topological polar surface area (TPSA) is 44.5 Å². The van der Waals surface area contributed by atoms with Crippen molar-refractivity contribution in [3.05, 3.63) is 18.2 Å². The Labute approximate surface area is 76.9 Å². The van der Waals surface area contributed by atoms with Crippen LogP contribution in [-0.2, 0) is 0 Å². The van der Waals surface area contributed by atoms with Crippen LogP contribution in [-0.4, -0.2) is 6.29 Å². The number of ether oxygens (including phenoxy) is 2. The van der Waals surface area contributed by atoms with Gasteiger partial charge in [0.15, 0.2) is 11.5 Å². The van der Waals surface area contributed by atoms with Crippen LogP contribution in [0.2, 0.25) is 0 Å². The minimum atomic E-state index is -0.213. The Bertz CT molecular complexity index is 290. The maximum Gasteiger partial charge on any atom is 0.238 e. The van der Waals surface area contributed by atoms with Crippen molar-refractivity contribution in [1.29, 1.82) is 0 Å². The molecule has 1 heterocycles. The first-order valence-corrected chi connectivity index (χ1v) is 3.49. The fraction of sp³-hybridized carbons (Fsp3) is 0.250. The van der Waals surface area contributed by atoms with E-state index in [1.165, 1.54) is 0 Å². The monoisotopic (exact) mass is 187 g/mol. The van der Waals surface area contributed by atoms with Crippen molar-refractivity contribution in [2.45, 2.75) is 13.2 Å². The molecule has 1 aromatic rings. The molecule has 1 aromatic carbocycles. The first-order valence-electron chi connectivity index (χ1n) is 3.49. The van der Waals surface area contributed by atoms with Gasteiger partial charge in [0.25, 0.3) is 0 Å². The quantitative estimate of drug-likeness (QED) is 0.630. The van der Waals surface area contributed by atoms with Crippen molar-refractivity contribution in [2.75, 3.05) is 5.73 Å². The number of fused-ring (bicyclic) bond motifs is 1. The van der Waals surface area contributed by atoms with Crippen molar-refractivity contribution < 1.29 is 9.47 Å². The molecule has 1 aliphatic heterocycles. The van der Waals surface area contributed by atoms with Crippen LogP contribution in [0.1, 0.15) is 6.92 Å². The molecule has 0 aromatic heterocycles. The number of nitrogens with two attached hydrogens (primary N) is 1. The van der Waals surface area contributed by atoms with E-state index in [1.807, 2.05) is 19.1 Å². The number of para-hydroxylation sites is 1. The van der Waals surface area contributed by atoms with Gasteiger partial charge in [0, 0.05) is 6.92 Å². The molecule has 2 rings (SSSR count). The molecule has 1 unspecified atom stereocenters. The van der Waals surface area contributed by atoms with Gasteiger partial charge in [-0.25, -0.2) is 0 Å². The zero-order valence-corrected chi connectivity index (χ0v) is 7.43. The minimum Gasteiger partial charge on any atom is -0.451 e. The normalized spacial score (nSPS) is 18.6. The van der Waals surface area contributed by atoms with E-state index < -0.39 is 0 Å². The minimum absolute atomic E-state index is 0. The molecule has 1 atom stereocenters. The molecule has 0 amide bonds. The third-order valence-corrected chi connectivity index (χ3v) is 1.59. The molecular formula is C8H10ClNO2. The molecule has 0 bridgehead atoms. The number of hydrogen-bond donors (Lipinski definition) is 1. The van der Waals surface area contributed by atoms with Gasteiger partial charge in [-0.05, 0) is 12.1 Å². The van der Waals surface area contributed by atoms with Crippen LogP contribution in [0.3, 0.4) is 0 Å². The zero-order chi connectivity index (χ0) is 7.84. The number of benzene rings is 1. The Morgan fingerprint density at radius 1 is 1.33 bits per heavy atom. The third kappa shape index (κ3) is 1.28. The Balaban J connectivity index is 0.000000720. The Kier molecular flexibility index (Phi) is 2.33. The maximum absolute atomic E-state index is 5.63. The van der Waals surface area contributed by atoms with Crippen LogP contribution < -0.4 is 15.2 Å². The summed E-state index contributed by atoms with van der Waals surface area (Å²) >= 11 is 0. The standard InChI is InChI=1S/C8H9NO2.ClH/c1-5-10-7-4-2-3-6(9)8(7)11-5;/h2-5H,9H2,1H3;1H. The second-order valence-electron chi connectivity index (χ2n) is 2.48. The molecule has 1 aliphatic rings. The molecule has 4 heteroatoms. The SMILES string of the molecule is CC1Oc2cccc(N)c2O1.Cl. The van der Waals surface area contributed by atoms with E-state index in [9.17, 15) is 0 Å². The van der Waals surface area contributed by atoms with Crippen LogP contribution in [0.15, 0.2) is 18.2 Å². The number of hydrogen-bond acceptors (Lipinski definition) is 3. The Morgan fingerprint density at radius 2 is 2.08 bits per heavy atom. The Hall–Kier alpha value is -1.09. The van der Waals surface area contributed by atoms with Crippen molar-refractivity contribution in [1.82, 2.24) is 0 Å². The highest BCUT2D eigenvalue weighted by molar-refractivity contribution is 5.85. The molecule has 66 valence electrons. The number of rotatable bonds is 0. The van der Waals surface area contributed by atoms with Gasteiger partial charge in [0.05, 0.1) is 5.69 Å². The van der Waals surface area contributed by atoms with Crippen LogP contribution >= 0.6 is 12.4 Å². The average molecular weight is 188 g/mol. The van der Waals surface area contributed by atoms with Gasteiger partial charge >= 0.3 is 0 Å². The summed E-state index contributed by atoms with van der Waals surface area (Å²) in [7, 11) is 0. The molecule has 0 spiro atoms. The Morgan fingerprint density at radius 3 is 2.75 bits per heavy atom. The van der Waals surface area contributed by atoms with E-state index >= 15 is 0 Å². The zero-order valence-electron chi connectivity index (χ0n) is 6.61. The van der Waals surface area contributed by atoms with E-state index in [2.05, 4.69) is 0 Å². The molecule has 0 radical (unpaired) electrons. The van der Waals surface area contributed by atoms with Crippen molar-refractivity contribution in [3.8, 4) is 11.5 Å². The van der Waals surface area contributed by atoms with E-state index in [1.54, 1.807) is 6.07 Å². The number of anilines is 1. The summed E-state index contributed by atoms with van der Waals surface area (Å²) in [5.74, 6) is 1.40. The largest absolute Gasteiger partial charge is 0.451 e. The summed E-state index contributed by atoms with van der Waals surface area (Å²) < 4.78 is 10.6. The highest BCUT2D eigenvalue weighted by atomic mass is 35.5. The molecule has 0 aliphatic carbocycles. The van der Waals surface area contributed by atoms with Crippen molar-refractivity contribution in [3.63, 3.8) is 0 Å². The summed E-state index contributed by atoms with van der Waals surface area (Å²) in [4.78, 5) is 0. The molecule has 3 nitrogen and oxygen atoms in total. The molecule has 2 N–H and O–H groups in total. The first kappa shape index (κ1) is 9.00. The van der Waals surface area contributed by atoms with Gasteiger partial charge < -0.3 is 15.2 Å². The van der Waals surface area contributed by atoms with E-state index in [0.29, 0.717) is 11.4 Å². The molecule has 12 heavy (non-hydrogen) atoms. The second-order valence-corrected chi connectivity index (χ2v) is 2.48. The van der Waals surface area contributed by atoms with Crippen LogP contribution in [0.25, 0.3) is 0 Å². The summed E-state index contributed by atoms with van der Waals surface area (Å²) in [5, 5.41) is 0. The predicted octanol–water partition coefficient (Wildman–Crippen LogP) is 1.81. The summed E-state index contributed by atoms with van der Waals surface area (Å²) in [6.07, 6.45) is -0.213. The molecule has 0 saturated carbocycles. The predicted molar refractivity (Wildman–Crippen MR) is 48.8 cm³/mol. The van der Waals surface area contributed by atoms with Crippen LogP contribution in [0, 0.1) is 0 Å². The fourth-order valence-electron chi connectivity index (χ4n) is 1.12. The number of halogens is 1. The van der Waals surface area contributed by atoms with E-state index in [4.69, 9.17) is 15.2 Å². The third-order valence-electron chi connectivity index (χ3n) is 1.59. The van der Waals surface area contributed by atoms with Gasteiger partial charge in [0.2, 0.25) is 6.29 Å². The fourth-order valence-corrected chi connectivity index (χ4v) is 1.12. The average Bonchev–Trinajstić information content (AvgIpc) is 2.31. The molecule has 0 saturated heterocycles. The smallest absolute Gasteiger partial charge is 0.238 e. The molecule has 0 fully saturated rings. The lowest BCUT2D eigenvalue weighted by molar-refractivity contribution is 0.0682. The van der Waals surface area contributed by atoms with Gasteiger partial charge in [-0.15, -0.1) is 12.4 Å². The summed E-state index contributed by atoms with van der Waals surface area (Å²) in [6.45, 7) is 1.83. The second kappa shape index (κ2) is 3.11. The lowest BCUT2D eigenvalue weighted by Gasteiger charge is -2.00. The van der Waals surface area contributed by atoms with Crippen molar-refractivity contribution >= 4 is 18.1 Å². The van der Waals surface area contributed by atoms with E-state index in [-0.39, 0.29) is 18.7 Å². The lowest BCUT2D eigenvalue weighted by atomic mass is 10.3. The van der Waals surface area contributed by atoms with Gasteiger partial charge in [-0.1, -0.05) is 6.07 Å². The van der Waals surface area contributed by atoms with Crippen LogP contribution in [0.5, 0.6) is 11.5 Å². The summed E-state index contributed by atoms with van der Waals surface area (Å²) in [6, 6.07) is 5.48. The van der Waals surface area contributed by atoms with Crippen molar-refractivity contribution in [2.24, 2.45) is 0 Å².